The van der Waals surface area contributed by atoms with Gasteiger partial charge in [0.2, 0.25) is 11.7 Å². The molecule has 4 heterocycles. The lowest BCUT2D eigenvalue weighted by molar-refractivity contribution is -0.575. The van der Waals surface area contributed by atoms with Gasteiger partial charge in [-0.2, -0.15) is 4.73 Å². The van der Waals surface area contributed by atoms with Gasteiger partial charge in [-0.15, -0.1) is 0 Å². The van der Waals surface area contributed by atoms with E-state index in [1.165, 1.54) is 6.20 Å². The Balaban J connectivity index is 0.000000241. The third-order valence-corrected chi connectivity index (χ3v) is 9.73. The van der Waals surface area contributed by atoms with Gasteiger partial charge in [-0.1, -0.05) is 45.7 Å². The fraction of sp³-hybridized carbons (Fsp3) is 0.476. The molecule has 308 valence electrons. The van der Waals surface area contributed by atoms with Crippen molar-refractivity contribution in [1.82, 2.24) is 33.9 Å². The molecule has 4 aromatic heterocycles. The minimum Gasteiger partial charge on any atom is -0.618 e. The highest BCUT2D eigenvalue weighted by atomic mass is 79.9. The van der Waals surface area contributed by atoms with E-state index in [1.54, 1.807) is 29.0 Å². The zero-order valence-electron chi connectivity index (χ0n) is 35.9. The van der Waals surface area contributed by atoms with E-state index in [0.29, 0.717) is 50.7 Å². The largest absolute Gasteiger partial charge is 0.618 e. The number of rotatable bonds is 8. The van der Waals surface area contributed by atoms with Crippen LogP contribution in [0.15, 0.2) is 57.7 Å². The van der Waals surface area contributed by atoms with Crippen LogP contribution in [0.4, 0.5) is 9.59 Å². The molecule has 0 bridgehead atoms. The quantitative estimate of drug-likeness (QED) is 0.109. The van der Waals surface area contributed by atoms with Gasteiger partial charge in [0.25, 0.3) is 0 Å². The standard InChI is InChI=1S/C20H25BrN4O3.C20H25BrN4O2.C2H6/c1-6-23(19(26)28-20(3,4)5)12-17-22-15-11-25(27)16-10-13(21)8-9-14(16)18(15)24(17)7-2;1-6-24(19(26)27-20(3,4)5)12-17-23-16-11-22-15-10-13(21)8-9-14(15)18(16)25(17)7-2;1-2/h8-11H,6-7,12H2,1-5H3;8-11H,6-7,12H2,1-5H3;1-2H3/i;;1D. The molecule has 0 fully saturated rings. The van der Waals surface area contributed by atoms with Gasteiger partial charge in [0.1, 0.15) is 28.4 Å². The monoisotopic (exact) mass is 911 g/mol. The number of fused-ring (bicyclic) bond motifs is 6. The van der Waals surface area contributed by atoms with Gasteiger partial charge in [-0.25, -0.2) is 19.6 Å². The van der Waals surface area contributed by atoms with Gasteiger partial charge in [0.05, 0.1) is 41.2 Å². The number of carbonyl (C=O) groups is 2. The number of halogens is 2. The number of amides is 2. The molecule has 0 N–H and O–H groups in total. The van der Waals surface area contributed by atoms with Crippen molar-refractivity contribution >= 4 is 87.9 Å². The molecule has 0 saturated heterocycles. The van der Waals surface area contributed by atoms with Crippen LogP contribution in [0, 0.1) is 5.21 Å². The summed E-state index contributed by atoms with van der Waals surface area (Å²) in [6, 6.07) is 11.7. The summed E-state index contributed by atoms with van der Waals surface area (Å²) in [5.74, 6) is 1.55. The predicted octanol–water partition coefficient (Wildman–Crippen LogP) is 10.5. The van der Waals surface area contributed by atoms with E-state index in [1.807, 2.05) is 86.6 Å². The molecule has 15 heteroatoms. The molecule has 0 aliphatic carbocycles. The number of carbonyl (C=O) groups excluding carboxylic acids is 2. The maximum absolute atomic E-state index is 12.5. The summed E-state index contributed by atoms with van der Waals surface area (Å²) in [6.45, 7) is 24.6. The van der Waals surface area contributed by atoms with Crippen molar-refractivity contribution in [2.45, 2.75) is 120 Å². The van der Waals surface area contributed by atoms with Crippen LogP contribution in [0.2, 0.25) is 0 Å². The highest BCUT2D eigenvalue weighted by Gasteiger charge is 2.26. The van der Waals surface area contributed by atoms with E-state index in [9.17, 15) is 14.8 Å². The molecule has 6 aromatic rings. The highest BCUT2D eigenvalue weighted by Crippen LogP contribution is 2.29. The number of nitrogens with zero attached hydrogens (tertiary/aromatic N) is 8. The third kappa shape index (κ3) is 10.7. The first-order valence-electron chi connectivity index (χ1n) is 19.9. The molecule has 0 radical (unpaired) electrons. The van der Waals surface area contributed by atoms with Crippen molar-refractivity contribution in [3.8, 4) is 0 Å². The van der Waals surface area contributed by atoms with Crippen LogP contribution in [-0.2, 0) is 35.7 Å². The van der Waals surface area contributed by atoms with Crippen molar-refractivity contribution in [3.63, 3.8) is 0 Å². The highest BCUT2D eigenvalue weighted by molar-refractivity contribution is 9.10. The normalized spacial score (nSPS) is 11.8. The fourth-order valence-corrected chi connectivity index (χ4v) is 7.02. The average molecular weight is 914 g/mol. The van der Waals surface area contributed by atoms with E-state index < -0.39 is 11.2 Å². The van der Waals surface area contributed by atoms with E-state index in [0.717, 1.165) is 64.7 Å². The lowest BCUT2D eigenvalue weighted by Crippen LogP contribution is -2.37. The van der Waals surface area contributed by atoms with Gasteiger partial charge in [0, 0.05) is 47.9 Å². The zero-order valence-corrected chi connectivity index (χ0v) is 38.1. The molecule has 0 saturated carbocycles. The van der Waals surface area contributed by atoms with Crippen molar-refractivity contribution in [3.05, 3.63) is 74.6 Å². The molecule has 0 atom stereocenters. The summed E-state index contributed by atoms with van der Waals surface area (Å²) in [7, 11) is 0. The van der Waals surface area contributed by atoms with Gasteiger partial charge >= 0.3 is 12.2 Å². The van der Waals surface area contributed by atoms with Crippen molar-refractivity contribution in [2.75, 3.05) is 13.1 Å². The van der Waals surface area contributed by atoms with Crippen LogP contribution in [0.5, 0.6) is 0 Å². The maximum atomic E-state index is 12.5. The Labute approximate surface area is 353 Å². The molecular weight excluding hydrogens is 856 g/mol. The van der Waals surface area contributed by atoms with Crippen LogP contribution < -0.4 is 4.73 Å². The number of pyridine rings is 2. The van der Waals surface area contributed by atoms with Gasteiger partial charge in [-0.05, 0) is 99.6 Å². The topological polar surface area (TPSA) is 135 Å². The number of hydrogen-bond donors (Lipinski definition) is 0. The number of benzene rings is 2. The summed E-state index contributed by atoms with van der Waals surface area (Å²) in [5.41, 5.74) is 3.79. The Hall–Kier alpha value is -4.50. The predicted molar refractivity (Wildman–Crippen MR) is 234 cm³/mol. The summed E-state index contributed by atoms with van der Waals surface area (Å²) in [6.07, 6.45) is 2.58. The Morgan fingerprint density at radius 2 is 1.23 bits per heavy atom. The smallest absolute Gasteiger partial charge is 0.410 e. The Kier molecular flexibility index (Phi) is 14.4. The molecule has 2 aromatic carbocycles. The van der Waals surface area contributed by atoms with Crippen LogP contribution in [0.25, 0.3) is 43.9 Å². The number of aromatic nitrogens is 6. The Bertz CT molecular complexity index is 2390. The molecule has 57 heavy (non-hydrogen) atoms. The van der Waals surface area contributed by atoms with E-state index in [4.69, 9.17) is 15.8 Å². The molecule has 2 amide bonds. The van der Waals surface area contributed by atoms with Gasteiger partial charge in [-0.3, -0.25) is 4.98 Å². The number of hydrogen-bond acceptors (Lipinski definition) is 8. The van der Waals surface area contributed by atoms with Crippen LogP contribution in [0.1, 0.15) is 96.1 Å². The average Bonchev–Trinajstić information content (AvgIpc) is 3.68. The second-order valence-electron chi connectivity index (χ2n) is 15.0. The second kappa shape index (κ2) is 18.8. The summed E-state index contributed by atoms with van der Waals surface area (Å²) < 4.78 is 24.1. The fourth-order valence-electron chi connectivity index (χ4n) is 6.32. The van der Waals surface area contributed by atoms with Crippen molar-refractivity contribution in [1.29, 1.82) is 0 Å². The molecule has 0 spiro atoms. The minimum absolute atomic E-state index is 0.310. The maximum Gasteiger partial charge on any atom is 0.410 e. The van der Waals surface area contributed by atoms with E-state index in [2.05, 4.69) is 64.0 Å². The van der Waals surface area contributed by atoms with E-state index >= 15 is 0 Å². The number of aryl methyl sites for hydroxylation is 2. The Morgan fingerprint density at radius 1 is 0.772 bits per heavy atom. The lowest BCUT2D eigenvalue weighted by Gasteiger charge is -2.26. The van der Waals surface area contributed by atoms with Crippen molar-refractivity contribution < 1.29 is 25.2 Å². The first kappa shape index (κ1) is 43.6. The van der Waals surface area contributed by atoms with E-state index in [-0.39, 0.29) is 12.2 Å². The number of imidazole rings is 2. The SMILES string of the molecule is CCN(Cc1nc2c[n+]([O-])c3cc(Br)ccc3c2n1CC)C(=O)OC(C)(C)C.CCN(Cc1nc2cnc3cc(Br)ccc3c2n1CC)C(=O)OC(C)(C)C.[2H]CC. The van der Waals surface area contributed by atoms with Gasteiger partial charge in [0.15, 0.2) is 5.52 Å². The summed E-state index contributed by atoms with van der Waals surface area (Å²) in [5, 5.41) is 14.3. The number of ether oxygens (including phenoxy) is 2. The van der Waals surface area contributed by atoms with Crippen LogP contribution in [0.3, 0.4) is 0 Å². The summed E-state index contributed by atoms with van der Waals surface area (Å²) >= 11 is 6.92. The first-order valence-corrected chi connectivity index (χ1v) is 20.8. The molecule has 13 nitrogen and oxygen atoms in total. The molecule has 0 unspecified atom stereocenters. The van der Waals surface area contributed by atoms with Gasteiger partial charge < -0.3 is 33.6 Å². The summed E-state index contributed by atoms with van der Waals surface area (Å²) in [4.78, 5) is 42.3. The van der Waals surface area contributed by atoms with Crippen molar-refractivity contribution in [2.24, 2.45) is 0 Å². The Morgan fingerprint density at radius 3 is 1.70 bits per heavy atom. The molecular formula is C42H56Br2N8O5. The lowest BCUT2D eigenvalue weighted by atomic mass is 10.2. The van der Waals surface area contributed by atoms with Crippen LogP contribution >= 0.6 is 31.9 Å². The van der Waals surface area contributed by atoms with Crippen LogP contribution in [-0.4, -0.2) is 70.4 Å². The minimum atomic E-state index is -0.562. The molecule has 0 aliphatic heterocycles. The first-order chi connectivity index (χ1) is 27.3. The second-order valence-corrected chi connectivity index (χ2v) is 16.9. The molecule has 6 rings (SSSR count). The third-order valence-electron chi connectivity index (χ3n) is 8.74. The zero-order chi connectivity index (χ0) is 43.1. The molecule has 0 aliphatic rings.